The van der Waals surface area contributed by atoms with E-state index in [1.54, 1.807) is 6.20 Å². The number of nitrogens with zero attached hydrogens (tertiary/aromatic N) is 2. The molecule has 0 radical (unpaired) electrons. The third-order valence-electron chi connectivity index (χ3n) is 3.07. The van der Waals surface area contributed by atoms with Crippen LogP contribution >= 0.6 is 0 Å². The molecule has 1 aromatic heterocycles. The van der Waals surface area contributed by atoms with Gasteiger partial charge in [0.05, 0.1) is 12.9 Å². The van der Waals surface area contributed by atoms with E-state index in [0.29, 0.717) is 13.0 Å². The largest absolute Gasteiger partial charge is 0.466 e. The SMILES string of the molecule is CCOC(=O)CCCc1cccc(Cn2ccnc2)c1. The second kappa shape index (κ2) is 7.48. The summed E-state index contributed by atoms with van der Waals surface area (Å²) in [6.45, 7) is 3.11. The predicted molar refractivity (Wildman–Crippen MR) is 77.3 cm³/mol. The van der Waals surface area contributed by atoms with Crippen LogP contribution in [0, 0.1) is 0 Å². The van der Waals surface area contributed by atoms with E-state index in [4.69, 9.17) is 4.74 Å². The van der Waals surface area contributed by atoms with Gasteiger partial charge in [-0.2, -0.15) is 0 Å². The Morgan fingerprint density at radius 3 is 2.95 bits per heavy atom. The van der Waals surface area contributed by atoms with Crippen LogP contribution in [0.3, 0.4) is 0 Å². The van der Waals surface area contributed by atoms with Crippen LogP contribution in [0.25, 0.3) is 0 Å². The first-order chi connectivity index (χ1) is 9.78. The highest BCUT2D eigenvalue weighted by Gasteiger charge is 2.02. The van der Waals surface area contributed by atoms with Gasteiger partial charge in [-0.15, -0.1) is 0 Å². The number of carbonyl (C=O) groups excluding carboxylic acids is 1. The maximum atomic E-state index is 11.3. The zero-order chi connectivity index (χ0) is 14.2. The number of imidazole rings is 1. The molecule has 0 saturated heterocycles. The summed E-state index contributed by atoms with van der Waals surface area (Å²) in [6, 6.07) is 8.45. The molecule has 2 rings (SSSR count). The highest BCUT2D eigenvalue weighted by atomic mass is 16.5. The normalized spacial score (nSPS) is 10.4. The van der Waals surface area contributed by atoms with Crippen LogP contribution in [0.15, 0.2) is 43.0 Å². The Bertz CT molecular complexity index is 535. The minimum absolute atomic E-state index is 0.109. The number of aromatic nitrogens is 2. The number of benzene rings is 1. The Balaban J connectivity index is 1.85. The highest BCUT2D eigenvalue weighted by molar-refractivity contribution is 5.69. The second-order valence-corrected chi connectivity index (χ2v) is 4.71. The van der Waals surface area contributed by atoms with E-state index in [9.17, 15) is 4.79 Å². The van der Waals surface area contributed by atoms with Crippen molar-refractivity contribution in [1.82, 2.24) is 9.55 Å². The van der Waals surface area contributed by atoms with E-state index in [1.165, 1.54) is 11.1 Å². The molecule has 4 nitrogen and oxygen atoms in total. The molecule has 0 saturated carbocycles. The Morgan fingerprint density at radius 1 is 1.35 bits per heavy atom. The first-order valence-electron chi connectivity index (χ1n) is 6.97. The third-order valence-corrected chi connectivity index (χ3v) is 3.07. The second-order valence-electron chi connectivity index (χ2n) is 4.71. The Hall–Kier alpha value is -2.10. The van der Waals surface area contributed by atoms with Gasteiger partial charge < -0.3 is 9.30 Å². The van der Waals surface area contributed by atoms with E-state index in [-0.39, 0.29) is 5.97 Å². The molecule has 0 amide bonds. The van der Waals surface area contributed by atoms with Crippen LogP contribution in [-0.2, 0) is 22.5 Å². The topological polar surface area (TPSA) is 44.1 Å². The van der Waals surface area contributed by atoms with Crippen molar-refractivity contribution in [3.63, 3.8) is 0 Å². The number of hydrogen-bond donors (Lipinski definition) is 0. The van der Waals surface area contributed by atoms with Gasteiger partial charge in [0.25, 0.3) is 0 Å². The van der Waals surface area contributed by atoms with Gasteiger partial charge in [-0.25, -0.2) is 4.98 Å². The van der Waals surface area contributed by atoms with E-state index < -0.39 is 0 Å². The fourth-order valence-electron chi connectivity index (χ4n) is 2.14. The minimum Gasteiger partial charge on any atom is -0.466 e. The number of ether oxygens (including phenoxy) is 1. The van der Waals surface area contributed by atoms with Crippen LogP contribution in [0.2, 0.25) is 0 Å². The molecule has 20 heavy (non-hydrogen) atoms. The quantitative estimate of drug-likeness (QED) is 0.728. The van der Waals surface area contributed by atoms with Gasteiger partial charge in [0.15, 0.2) is 0 Å². The smallest absolute Gasteiger partial charge is 0.305 e. The Kier molecular flexibility index (Phi) is 5.35. The lowest BCUT2D eigenvalue weighted by atomic mass is 10.1. The standard InChI is InChI=1S/C16H20N2O2/c1-2-20-16(19)8-4-6-14-5-3-7-15(11-14)12-18-10-9-17-13-18/h3,5,7,9-11,13H,2,4,6,8,12H2,1H3. The van der Waals surface area contributed by atoms with Crippen LogP contribution < -0.4 is 0 Å². The fraction of sp³-hybridized carbons (Fsp3) is 0.375. The summed E-state index contributed by atoms with van der Waals surface area (Å²) in [5.74, 6) is -0.109. The van der Waals surface area contributed by atoms with Gasteiger partial charge in [0.2, 0.25) is 0 Å². The van der Waals surface area contributed by atoms with Crippen molar-refractivity contribution in [3.8, 4) is 0 Å². The summed E-state index contributed by atoms with van der Waals surface area (Å²) in [6.07, 6.45) is 7.76. The molecule has 0 aliphatic carbocycles. The van der Waals surface area contributed by atoms with E-state index in [2.05, 4.69) is 29.2 Å². The van der Waals surface area contributed by atoms with Crippen molar-refractivity contribution < 1.29 is 9.53 Å². The summed E-state index contributed by atoms with van der Waals surface area (Å²) in [7, 11) is 0. The summed E-state index contributed by atoms with van der Waals surface area (Å²) in [5.41, 5.74) is 2.50. The zero-order valence-electron chi connectivity index (χ0n) is 11.8. The average Bonchev–Trinajstić information content (AvgIpc) is 2.92. The Morgan fingerprint density at radius 2 is 2.20 bits per heavy atom. The molecule has 106 valence electrons. The van der Waals surface area contributed by atoms with Gasteiger partial charge in [-0.1, -0.05) is 24.3 Å². The van der Waals surface area contributed by atoms with Crippen molar-refractivity contribution in [1.29, 1.82) is 0 Å². The van der Waals surface area contributed by atoms with Crippen molar-refractivity contribution in [2.24, 2.45) is 0 Å². The fourth-order valence-corrected chi connectivity index (χ4v) is 2.14. The molecular weight excluding hydrogens is 252 g/mol. The number of hydrogen-bond acceptors (Lipinski definition) is 3. The molecule has 2 aromatic rings. The summed E-state index contributed by atoms with van der Waals surface area (Å²) in [5, 5.41) is 0. The summed E-state index contributed by atoms with van der Waals surface area (Å²) < 4.78 is 6.96. The Labute approximate surface area is 119 Å². The molecule has 0 aliphatic rings. The molecule has 0 atom stereocenters. The van der Waals surface area contributed by atoms with Crippen LogP contribution in [-0.4, -0.2) is 22.1 Å². The minimum atomic E-state index is -0.109. The first-order valence-corrected chi connectivity index (χ1v) is 6.97. The molecule has 0 bridgehead atoms. The van der Waals surface area contributed by atoms with Gasteiger partial charge in [0.1, 0.15) is 0 Å². The first kappa shape index (κ1) is 14.3. The average molecular weight is 272 g/mol. The lowest BCUT2D eigenvalue weighted by Crippen LogP contribution is -2.04. The monoisotopic (exact) mass is 272 g/mol. The van der Waals surface area contributed by atoms with E-state index >= 15 is 0 Å². The molecule has 0 N–H and O–H groups in total. The van der Waals surface area contributed by atoms with Crippen molar-refractivity contribution in [3.05, 3.63) is 54.1 Å². The molecule has 0 fully saturated rings. The number of aryl methyl sites for hydroxylation is 1. The van der Waals surface area contributed by atoms with E-state index in [0.717, 1.165) is 19.4 Å². The number of esters is 1. The lowest BCUT2D eigenvalue weighted by Gasteiger charge is -2.06. The third kappa shape index (κ3) is 4.53. The van der Waals surface area contributed by atoms with E-state index in [1.807, 2.05) is 24.0 Å². The zero-order valence-corrected chi connectivity index (χ0v) is 11.8. The van der Waals surface area contributed by atoms with Crippen molar-refractivity contribution in [2.75, 3.05) is 6.61 Å². The summed E-state index contributed by atoms with van der Waals surface area (Å²) in [4.78, 5) is 15.3. The molecular formula is C16H20N2O2. The van der Waals surface area contributed by atoms with Crippen molar-refractivity contribution >= 4 is 5.97 Å². The molecule has 0 aliphatic heterocycles. The van der Waals surface area contributed by atoms with Crippen LogP contribution in [0.1, 0.15) is 30.9 Å². The van der Waals surface area contributed by atoms with Gasteiger partial charge in [-0.05, 0) is 30.9 Å². The molecule has 1 heterocycles. The maximum absolute atomic E-state index is 11.3. The molecule has 0 spiro atoms. The van der Waals surface area contributed by atoms with Gasteiger partial charge in [0, 0.05) is 25.4 Å². The molecule has 1 aromatic carbocycles. The number of carbonyl (C=O) groups is 1. The van der Waals surface area contributed by atoms with Crippen LogP contribution in [0.4, 0.5) is 0 Å². The summed E-state index contributed by atoms with van der Waals surface area (Å²) >= 11 is 0. The predicted octanol–water partition coefficient (Wildman–Crippen LogP) is 2.82. The molecule has 0 unspecified atom stereocenters. The van der Waals surface area contributed by atoms with Gasteiger partial charge >= 0.3 is 5.97 Å². The molecule has 4 heteroatoms. The van der Waals surface area contributed by atoms with Crippen LogP contribution in [0.5, 0.6) is 0 Å². The number of rotatable bonds is 7. The highest BCUT2D eigenvalue weighted by Crippen LogP contribution is 2.10. The lowest BCUT2D eigenvalue weighted by molar-refractivity contribution is -0.143. The maximum Gasteiger partial charge on any atom is 0.305 e. The van der Waals surface area contributed by atoms with Crippen molar-refractivity contribution in [2.45, 2.75) is 32.7 Å². The van der Waals surface area contributed by atoms with Gasteiger partial charge in [-0.3, -0.25) is 4.79 Å².